The first kappa shape index (κ1) is 19.8. The number of nitrogens with zero attached hydrogens (tertiary/aromatic N) is 4. The number of halogens is 1. The van der Waals surface area contributed by atoms with Gasteiger partial charge in [0.1, 0.15) is 0 Å². The van der Waals surface area contributed by atoms with Crippen LogP contribution in [-0.2, 0) is 4.79 Å². The highest BCUT2D eigenvalue weighted by Gasteiger charge is 2.14. The lowest BCUT2D eigenvalue weighted by Crippen LogP contribution is -2.42. The summed E-state index contributed by atoms with van der Waals surface area (Å²) in [6.45, 7) is 3.95. The summed E-state index contributed by atoms with van der Waals surface area (Å²) in [6, 6.07) is 12.3. The first-order valence-corrected chi connectivity index (χ1v) is 9.64. The van der Waals surface area contributed by atoms with E-state index in [0.29, 0.717) is 15.7 Å². The second-order valence-electron chi connectivity index (χ2n) is 5.96. The highest BCUT2D eigenvalue weighted by molar-refractivity contribution is 7.99. The SMILES string of the molecule is Cc1ccc(C)c(-n2nnnc2SCC(=O)NNC(=O)c2ccc(Cl)cc2)c1. The molecule has 0 fully saturated rings. The molecule has 2 N–H and O–H groups in total. The van der Waals surface area contributed by atoms with E-state index >= 15 is 0 Å². The molecule has 28 heavy (non-hydrogen) atoms. The van der Waals surface area contributed by atoms with Crippen LogP contribution >= 0.6 is 23.4 Å². The Hall–Kier alpha value is -2.91. The van der Waals surface area contributed by atoms with Gasteiger partial charge in [-0.1, -0.05) is 35.5 Å². The standard InChI is InChI=1S/C18H17ClN6O2S/c1-11-3-4-12(2)15(9-11)25-18(22-23-24-25)28-10-16(26)20-21-17(27)13-5-7-14(19)8-6-13/h3-9H,10H2,1-2H3,(H,20,26)(H,21,27). The fourth-order valence-electron chi connectivity index (χ4n) is 2.33. The topological polar surface area (TPSA) is 102 Å². The van der Waals surface area contributed by atoms with Crippen molar-refractivity contribution in [2.75, 3.05) is 5.75 Å². The second-order valence-corrected chi connectivity index (χ2v) is 7.34. The monoisotopic (exact) mass is 416 g/mol. The minimum Gasteiger partial charge on any atom is -0.272 e. The lowest BCUT2D eigenvalue weighted by Gasteiger charge is -2.09. The van der Waals surface area contributed by atoms with E-state index in [4.69, 9.17) is 11.6 Å². The van der Waals surface area contributed by atoms with E-state index in [2.05, 4.69) is 26.4 Å². The van der Waals surface area contributed by atoms with Crippen LogP contribution in [0.25, 0.3) is 5.69 Å². The molecule has 0 saturated heterocycles. The predicted molar refractivity (Wildman–Crippen MR) is 106 cm³/mol. The molecule has 3 aromatic rings. The summed E-state index contributed by atoms with van der Waals surface area (Å²) in [5, 5.41) is 12.7. The molecular formula is C18H17ClN6O2S. The molecule has 0 bridgehead atoms. The third-order valence-corrected chi connectivity index (χ3v) is 4.96. The molecule has 0 atom stereocenters. The van der Waals surface area contributed by atoms with Crippen molar-refractivity contribution in [2.45, 2.75) is 19.0 Å². The summed E-state index contributed by atoms with van der Waals surface area (Å²) in [5.41, 5.74) is 8.05. The lowest BCUT2D eigenvalue weighted by atomic mass is 10.1. The number of aryl methyl sites for hydroxylation is 2. The van der Waals surface area contributed by atoms with Gasteiger partial charge in [-0.25, -0.2) is 0 Å². The molecule has 3 rings (SSSR count). The van der Waals surface area contributed by atoms with Gasteiger partial charge in [0.15, 0.2) is 0 Å². The average molecular weight is 417 g/mol. The summed E-state index contributed by atoms with van der Waals surface area (Å²) in [5.74, 6) is -0.787. The van der Waals surface area contributed by atoms with Crippen LogP contribution in [0.5, 0.6) is 0 Å². The summed E-state index contributed by atoms with van der Waals surface area (Å²) in [6.07, 6.45) is 0. The van der Waals surface area contributed by atoms with Gasteiger partial charge in [0.05, 0.1) is 11.4 Å². The summed E-state index contributed by atoms with van der Waals surface area (Å²) in [7, 11) is 0. The van der Waals surface area contributed by atoms with Crippen molar-refractivity contribution in [3.8, 4) is 5.69 Å². The Balaban J connectivity index is 1.57. The number of rotatable bonds is 5. The summed E-state index contributed by atoms with van der Waals surface area (Å²) in [4.78, 5) is 24.0. The third-order valence-electron chi connectivity index (χ3n) is 3.79. The van der Waals surface area contributed by atoms with Gasteiger partial charge in [0.25, 0.3) is 5.91 Å². The maximum Gasteiger partial charge on any atom is 0.269 e. The molecule has 0 spiro atoms. The second kappa shape index (κ2) is 8.85. The van der Waals surface area contributed by atoms with Gasteiger partial charge in [0.2, 0.25) is 11.1 Å². The van der Waals surface area contributed by atoms with Crippen molar-refractivity contribution in [3.63, 3.8) is 0 Å². The molecule has 0 unspecified atom stereocenters. The van der Waals surface area contributed by atoms with Crippen LogP contribution in [0.4, 0.5) is 0 Å². The molecular weight excluding hydrogens is 400 g/mol. The molecule has 0 aliphatic heterocycles. The zero-order chi connectivity index (χ0) is 20.1. The van der Waals surface area contributed by atoms with Crippen LogP contribution < -0.4 is 10.9 Å². The number of hydrogen-bond donors (Lipinski definition) is 2. The van der Waals surface area contributed by atoms with E-state index in [1.165, 1.54) is 11.8 Å². The zero-order valence-corrected chi connectivity index (χ0v) is 16.7. The van der Waals surface area contributed by atoms with E-state index in [-0.39, 0.29) is 11.7 Å². The van der Waals surface area contributed by atoms with E-state index < -0.39 is 5.91 Å². The number of carbonyl (C=O) groups excluding carboxylic acids is 2. The minimum absolute atomic E-state index is 0.0339. The van der Waals surface area contributed by atoms with Crippen LogP contribution in [-0.4, -0.2) is 37.8 Å². The van der Waals surface area contributed by atoms with Crippen molar-refractivity contribution in [2.24, 2.45) is 0 Å². The number of aromatic nitrogens is 4. The molecule has 0 aliphatic carbocycles. The molecule has 0 saturated carbocycles. The smallest absolute Gasteiger partial charge is 0.269 e. The van der Waals surface area contributed by atoms with Gasteiger partial charge < -0.3 is 0 Å². The quantitative estimate of drug-likeness (QED) is 0.489. The van der Waals surface area contributed by atoms with Crippen LogP contribution in [0.2, 0.25) is 5.02 Å². The Morgan fingerprint density at radius 3 is 2.61 bits per heavy atom. The molecule has 144 valence electrons. The van der Waals surface area contributed by atoms with Gasteiger partial charge in [-0.15, -0.1) is 5.10 Å². The maximum atomic E-state index is 12.1. The van der Waals surface area contributed by atoms with E-state index in [0.717, 1.165) is 16.8 Å². The highest BCUT2D eigenvalue weighted by Crippen LogP contribution is 2.21. The summed E-state index contributed by atoms with van der Waals surface area (Å²) >= 11 is 6.95. The van der Waals surface area contributed by atoms with E-state index in [1.54, 1.807) is 28.9 Å². The van der Waals surface area contributed by atoms with Gasteiger partial charge in [-0.3, -0.25) is 20.4 Å². The Kier molecular flexibility index (Phi) is 6.27. The molecule has 2 amide bonds. The van der Waals surface area contributed by atoms with E-state index in [9.17, 15) is 9.59 Å². The van der Waals surface area contributed by atoms with Crippen molar-refractivity contribution in [3.05, 3.63) is 64.2 Å². The number of tetrazole rings is 1. The number of amides is 2. The molecule has 1 aromatic heterocycles. The number of carbonyl (C=O) groups is 2. The fraction of sp³-hybridized carbons (Fsp3) is 0.167. The Morgan fingerprint density at radius 1 is 1.11 bits per heavy atom. The maximum absolute atomic E-state index is 12.1. The molecule has 8 nitrogen and oxygen atoms in total. The number of nitrogens with one attached hydrogen (secondary N) is 2. The Labute approximate surface area is 170 Å². The normalized spacial score (nSPS) is 10.5. The Morgan fingerprint density at radius 2 is 1.86 bits per heavy atom. The largest absolute Gasteiger partial charge is 0.272 e. The Bertz CT molecular complexity index is 1010. The summed E-state index contributed by atoms with van der Waals surface area (Å²) < 4.78 is 1.59. The molecule has 0 aliphatic rings. The average Bonchev–Trinajstić information content (AvgIpc) is 3.15. The van der Waals surface area contributed by atoms with Crippen LogP contribution in [0.15, 0.2) is 47.6 Å². The first-order chi connectivity index (χ1) is 13.4. The molecule has 2 aromatic carbocycles. The molecule has 1 heterocycles. The van der Waals surface area contributed by atoms with Gasteiger partial charge in [0, 0.05) is 10.6 Å². The minimum atomic E-state index is -0.435. The van der Waals surface area contributed by atoms with Gasteiger partial charge in [-0.2, -0.15) is 4.68 Å². The first-order valence-electron chi connectivity index (χ1n) is 8.27. The predicted octanol–water partition coefficient (Wildman–Crippen LogP) is 2.49. The van der Waals surface area contributed by atoms with Gasteiger partial charge >= 0.3 is 0 Å². The number of benzene rings is 2. The molecule has 10 heteroatoms. The van der Waals surface area contributed by atoms with Crippen LogP contribution in [0.1, 0.15) is 21.5 Å². The van der Waals surface area contributed by atoms with Crippen molar-refractivity contribution >= 4 is 35.2 Å². The zero-order valence-electron chi connectivity index (χ0n) is 15.1. The van der Waals surface area contributed by atoms with Crippen molar-refractivity contribution in [1.29, 1.82) is 0 Å². The van der Waals surface area contributed by atoms with Crippen LogP contribution in [0, 0.1) is 13.8 Å². The van der Waals surface area contributed by atoms with Gasteiger partial charge in [-0.05, 0) is 65.7 Å². The van der Waals surface area contributed by atoms with Crippen LogP contribution in [0.3, 0.4) is 0 Å². The third kappa shape index (κ3) is 4.87. The highest BCUT2D eigenvalue weighted by atomic mass is 35.5. The number of thioether (sulfide) groups is 1. The molecule has 0 radical (unpaired) electrons. The number of hydrogen-bond acceptors (Lipinski definition) is 6. The lowest BCUT2D eigenvalue weighted by molar-refractivity contribution is -0.119. The van der Waals surface area contributed by atoms with Crippen molar-refractivity contribution in [1.82, 2.24) is 31.1 Å². The fourth-order valence-corrected chi connectivity index (χ4v) is 3.14. The number of hydrazine groups is 1. The van der Waals surface area contributed by atoms with Crippen molar-refractivity contribution < 1.29 is 9.59 Å². The van der Waals surface area contributed by atoms with E-state index in [1.807, 2.05) is 32.0 Å².